The predicted molar refractivity (Wildman–Crippen MR) is 61.9 cm³/mol. The van der Waals surface area contributed by atoms with Crippen LogP contribution in [0.25, 0.3) is 0 Å². The van der Waals surface area contributed by atoms with Gasteiger partial charge in [-0.1, -0.05) is 17.7 Å². The fraction of sp³-hybridized carbons (Fsp3) is 0.500. The van der Waals surface area contributed by atoms with E-state index in [-0.39, 0.29) is 12.2 Å². The molecular formula is C12H15ClO3. The summed E-state index contributed by atoms with van der Waals surface area (Å²) in [6.45, 7) is 0.581. The largest absolute Gasteiger partial charge is 0.496 e. The van der Waals surface area contributed by atoms with Crippen LogP contribution in [-0.4, -0.2) is 24.9 Å². The Morgan fingerprint density at radius 2 is 2.31 bits per heavy atom. The molecule has 16 heavy (non-hydrogen) atoms. The van der Waals surface area contributed by atoms with Gasteiger partial charge in [0.15, 0.2) is 0 Å². The third-order valence-corrected chi connectivity index (χ3v) is 3.03. The third-order valence-electron chi connectivity index (χ3n) is 2.80. The van der Waals surface area contributed by atoms with Crippen LogP contribution in [0.5, 0.6) is 5.75 Å². The zero-order valence-electron chi connectivity index (χ0n) is 9.15. The molecule has 2 unspecified atom stereocenters. The van der Waals surface area contributed by atoms with Crippen molar-refractivity contribution in [3.05, 3.63) is 28.8 Å². The van der Waals surface area contributed by atoms with Gasteiger partial charge in [0.25, 0.3) is 0 Å². The second-order valence-corrected chi connectivity index (χ2v) is 4.36. The molecule has 1 aliphatic rings. The van der Waals surface area contributed by atoms with Crippen molar-refractivity contribution >= 4 is 11.6 Å². The molecule has 1 aliphatic heterocycles. The summed E-state index contributed by atoms with van der Waals surface area (Å²) < 4.78 is 10.9. The molecule has 1 aromatic carbocycles. The van der Waals surface area contributed by atoms with E-state index < -0.39 is 0 Å². The number of ether oxygens (including phenoxy) is 2. The number of aliphatic hydroxyl groups is 1. The quantitative estimate of drug-likeness (QED) is 0.866. The average Bonchev–Trinajstić information content (AvgIpc) is 2.28. The molecule has 1 heterocycles. The van der Waals surface area contributed by atoms with Crippen LogP contribution in [0.2, 0.25) is 5.02 Å². The molecule has 88 valence electrons. The first-order valence-electron chi connectivity index (χ1n) is 5.34. The highest BCUT2D eigenvalue weighted by atomic mass is 35.5. The van der Waals surface area contributed by atoms with E-state index in [1.165, 1.54) is 0 Å². The Bertz CT molecular complexity index is 367. The third kappa shape index (κ3) is 2.48. The Kier molecular flexibility index (Phi) is 3.69. The smallest absolute Gasteiger partial charge is 0.126 e. The number of halogens is 1. The molecule has 0 bridgehead atoms. The molecule has 2 rings (SSSR count). The predicted octanol–water partition coefficient (Wildman–Crippen LogP) is 2.56. The van der Waals surface area contributed by atoms with E-state index in [0.717, 1.165) is 5.56 Å². The van der Waals surface area contributed by atoms with Crippen LogP contribution in [0.3, 0.4) is 0 Å². The van der Waals surface area contributed by atoms with Gasteiger partial charge in [0, 0.05) is 23.6 Å². The summed E-state index contributed by atoms with van der Waals surface area (Å²) in [6, 6.07) is 5.47. The van der Waals surface area contributed by atoms with Crippen molar-refractivity contribution in [2.75, 3.05) is 13.7 Å². The highest BCUT2D eigenvalue weighted by molar-refractivity contribution is 6.30. The summed E-state index contributed by atoms with van der Waals surface area (Å²) in [6.07, 6.45) is 0.916. The minimum atomic E-state index is -0.292. The van der Waals surface area contributed by atoms with E-state index in [1.54, 1.807) is 13.2 Å². The van der Waals surface area contributed by atoms with E-state index in [9.17, 15) is 5.11 Å². The fourth-order valence-corrected chi connectivity index (χ4v) is 2.11. The van der Waals surface area contributed by atoms with Gasteiger partial charge >= 0.3 is 0 Å². The molecule has 0 aliphatic carbocycles. The van der Waals surface area contributed by atoms with Crippen LogP contribution in [-0.2, 0) is 4.74 Å². The van der Waals surface area contributed by atoms with E-state index >= 15 is 0 Å². The Morgan fingerprint density at radius 3 is 3.00 bits per heavy atom. The van der Waals surface area contributed by atoms with E-state index in [2.05, 4.69) is 0 Å². The zero-order chi connectivity index (χ0) is 11.5. The second-order valence-electron chi connectivity index (χ2n) is 3.92. The summed E-state index contributed by atoms with van der Waals surface area (Å²) in [5, 5.41) is 10.2. The molecule has 1 aromatic rings. The first-order chi connectivity index (χ1) is 7.70. The monoisotopic (exact) mass is 242 g/mol. The normalized spacial score (nSPS) is 25.4. The number of benzene rings is 1. The highest BCUT2D eigenvalue weighted by Gasteiger charge is 2.24. The van der Waals surface area contributed by atoms with Crippen molar-refractivity contribution in [1.82, 2.24) is 0 Å². The lowest BCUT2D eigenvalue weighted by Crippen LogP contribution is -2.23. The van der Waals surface area contributed by atoms with Gasteiger partial charge in [-0.15, -0.1) is 0 Å². The molecule has 1 fully saturated rings. The Hall–Kier alpha value is -0.770. The maximum atomic E-state index is 9.61. The maximum Gasteiger partial charge on any atom is 0.126 e. The minimum Gasteiger partial charge on any atom is -0.496 e. The van der Waals surface area contributed by atoms with Crippen molar-refractivity contribution in [3.63, 3.8) is 0 Å². The van der Waals surface area contributed by atoms with Crippen molar-refractivity contribution in [3.8, 4) is 5.75 Å². The number of aliphatic hydroxyl groups excluding tert-OH is 1. The Balaban J connectivity index is 2.24. The molecule has 0 aromatic heterocycles. The highest BCUT2D eigenvalue weighted by Crippen LogP contribution is 2.35. The van der Waals surface area contributed by atoms with Crippen molar-refractivity contribution in [2.45, 2.75) is 25.0 Å². The van der Waals surface area contributed by atoms with E-state index in [1.807, 2.05) is 12.1 Å². The molecular weight excluding hydrogens is 228 g/mol. The van der Waals surface area contributed by atoms with Crippen LogP contribution in [0.1, 0.15) is 24.5 Å². The van der Waals surface area contributed by atoms with Gasteiger partial charge in [-0.3, -0.25) is 0 Å². The van der Waals surface area contributed by atoms with Gasteiger partial charge in [0.05, 0.1) is 19.3 Å². The van der Waals surface area contributed by atoms with E-state index in [0.29, 0.717) is 30.2 Å². The topological polar surface area (TPSA) is 38.7 Å². The number of hydrogen-bond donors (Lipinski definition) is 1. The van der Waals surface area contributed by atoms with Gasteiger partial charge < -0.3 is 14.6 Å². The lowest BCUT2D eigenvalue weighted by atomic mass is 9.99. The molecule has 2 atom stereocenters. The van der Waals surface area contributed by atoms with Crippen LogP contribution in [0.15, 0.2) is 18.2 Å². The van der Waals surface area contributed by atoms with Crippen LogP contribution < -0.4 is 4.74 Å². The molecule has 3 nitrogen and oxygen atoms in total. The van der Waals surface area contributed by atoms with E-state index in [4.69, 9.17) is 21.1 Å². The molecule has 1 saturated heterocycles. The molecule has 0 radical (unpaired) electrons. The first-order valence-corrected chi connectivity index (χ1v) is 5.71. The van der Waals surface area contributed by atoms with Gasteiger partial charge in [-0.05, 0) is 18.6 Å². The maximum absolute atomic E-state index is 9.61. The van der Waals surface area contributed by atoms with Crippen molar-refractivity contribution in [1.29, 1.82) is 0 Å². The standard InChI is InChI=1S/C12H15ClO3/c1-15-11-6-8(13)2-3-10(11)12-7-9(14)4-5-16-12/h2-3,6,9,12,14H,4-5,7H2,1H3. The Labute approximate surface area is 99.9 Å². The van der Waals surface area contributed by atoms with Gasteiger partial charge in [-0.25, -0.2) is 0 Å². The van der Waals surface area contributed by atoms with Gasteiger partial charge in [0.2, 0.25) is 0 Å². The van der Waals surface area contributed by atoms with Crippen LogP contribution >= 0.6 is 11.6 Å². The summed E-state index contributed by atoms with van der Waals surface area (Å²) in [5.74, 6) is 0.714. The molecule has 0 spiro atoms. The van der Waals surface area contributed by atoms with Crippen molar-refractivity contribution < 1.29 is 14.6 Å². The summed E-state index contributed by atoms with van der Waals surface area (Å²) in [4.78, 5) is 0. The summed E-state index contributed by atoms with van der Waals surface area (Å²) in [7, 11) is 1.61. The summed E-state index contributed by atoms with van der Waals surface area (Å²) in [5.41, 5.74) is 0.950. The number of methoxy groups -OCH3 is 1. The van der Waals surface area contributed by atoms with Gasteiger partial charge in [0.1, 0.15) is 5.75 Å². The average molecular weight is 243 g/mol. The minimum absolute atomic E-state index is 0.101. The Morgan fingerprint density at radius 1 is 1.50 bits per heavy atom. The first kappa shape index (κ1) is 11.7. The zero-order valence-corrected chi connectivity index (χ0v) is 9.91. The molecule has 0 amide bonds. The number of rotatable bonds is 2. The molecule has 4 heteroatoms. The lowest BCUT2D eigenvalue weighted by Gasteiger charge is -2.27. The van der Waals surface area contributed by atoms with Crippen LogP contribution in [0, 0.1) is 0 Å². The lowest BCUT2D eigenvalue weighted by molar-refractivity contribution is -0.0455. The summed E-state index contributed by atoms with van der Waals surface area (Å²) >= 11 is 5.89. The fourth-order valence-electron chi connectivity index (χ4n) is 1.95. The SMILES string of the molecule is COc1cc(Cl)ccc1C1CC(O)CCO1. The van der Waals surface area contributed by atoms with Crippen LogP contribution in [0.4, 0.5) is 0 Å². The van der Waals surface area contributed by atoms with Gasteiger partial charge in [-0.2, -0.15) is 0 Å². The second kappa shape index (κ2) is 5.04. The molecule has 1 N–H and O–H groups in total. The van der Waals surface area contributed by atoms with Crippen molar-refractivity contribution in [2.24, 2.45) is 0 Å². The molecule has 0 saturated carbocycles. The number of hydrogen-bond acceptors (Lipinski definition) is 3.